The molecule has 0 bridgehead atoms. The van der Waals surface area contributed by atoms with Crippen LogP contribution in [0.4, 0.5) is 0 Å². The fourth-order valence-corrected chi connectivity index (χ4v) is 8.65. The predicted molar refractivity (Wildman–Crippen MR) is 115 cm³/mol. The molecule has 3 heteroatoms. The number of carbonyl (C=O) groups is 2. The molecule has 1 heterocycles. The van der Waals surface area contributed by atoms with E-state index in [1.165, 1.54) is 51.4 Å². The first kappa shape index (κ1) is 19.8. The lowest BCUT2D eigenvalue weighted by Gasteiger charge is -2.58. The van der Waals surface area contributed by atoms with Gasteiger partial charge in [-0.1, -0.05) is 45.6 Å². The van der Waals surface area contributed by atoms with E-state index in [0.717, 1.165) is 31.6 Å². The molecule has 7 atom stereocenters. The number of ketones is 1. The number of amides is 1. The standard InChI is InChI=1S/C26H39NO2/c1-25-15-13-20-18(9-12-22-26(20,2)16-14-23(28)27-22)19(25)10-11-21(25)24(29)17-7-5-3-4-6-8-17/h14,16-22H,3-13,15H2,1-2H3,(H,27,28)/t18-,19-,20+,21?,22?,25-,26+/m0/s1. The number of carbonyl (C=O) groups excluding carboxylic acids is 2. The van der Waals surface area contributed by atoms with Crippen LogP contribution >= 0.6 is 0 Å². The zero-order chi connectivity index (χ0) is 20.2. The van der Waals surface area contributed by atoms with Crippen LogP contribution in [-0.2, 0) is 9.59 Å². The zero-order valence-electron chi connectivity index (χ0n) is 18.4. The highest BCUT2D eigenvalue weighted by Crippen LogP contribution is 2.65. The molecule has 0 aromatic carbocycles. The average molecular weight is 398 g/mol. The zero-order valence-corrected chi connectivity index (χ0v) is 18.4. The molecule has 4 aliphatic carbocycles. The topological polar surface area (TPSA) is 46.2 Å². The molecule has 0 saturated heterocycles. The second-order valence-corrected chi connectivity index (χ2v) is 11.5. The van der Waals surface area contributed by atoms with Gasteiger partial charge in [0.2, 0.25) is 5.91 Å². The number of hydrogen-bond donors (Lipinski definition) is 1. The highest BCUT2D eigenvalue weighted by molar-refractivity contribution is 5.89. The van der Waals surface area contributed by atoms with Gasteiger partial charge in [-0.2, -0.15) is 0 Å². The van der Waals surface area contributed by atoms with Crippen molar-refractivity contribution in [2.45, 2.75) is 96.9 Å². The second-order valence-electron chi connectivity index (χ2n) is 11.5. The Balaban J connectivity index is 1.37. The van der Waals surface area contributed by atoms with Crippen LogP contribution in [-0.4, -0.2) is 17.7 Å². The number of Topliss-reactive ketones (excluding diaryl/α,β-unsaturated/α-hetero) is 1. The fraction of sp³-hybridized carbons (Fsp3) is 0.846. The number of nitrogens with one attached hydrogen (secondary N) is 1. The summed E-state index contributed by atoms with van der Waals surface area (Å²) >= 11 is 0. The minimum absolute atomic E-state index is 0.0847. The summed E-state index contributed by atoms with van der Waals surface area (Å²) in [5.74, 6) is 3.46. The van der Waals surface area contributed by atoms with Gasteiger partial charge < -0.3 is 5.32 Å². The van der Waals surface area contributed by atoms with E-state index in [1.807, 2.05) is 0 Å². The third-order valence-corrected chi connectivity index (χ3v) is 10.3. The van der Waals surface area contributed by atoms with Crippen molar-refractivity contribution in [2.75, 3.05) is 0 Å². The van der Waals surface area contributed by atoms with Gasteiger partial charge in [0.05, 0.1) is 0 Å². The largest absolute Gasteiger partial charge is 0.349 e. The van der Waals surface area contributed by atoms with E-state index in [4.69, 9.17) is 0 Å². The van der Waals surface area contributed by atoms with Gasteiger partial charge in [-0.3, -0.25) is 9.59 Å². The van der Waals surface area contributed by atoms with Gasteiger partial charge in [-0.25, -0.2) is 0 Å². The third kappa shape index (κ3) is 3.05. The Bertz CT molecular complexity index is 705. The molecule has 0 spiro atoms. The lowest BCUT2D eigenvalue weighted by Crippen LogP contribution is -2.59. The summed E-state index contributed by atoms with van der Waals surface area (Å²) in [5, 5.41) is 3.26. The summed E-state index contributed by atoms with van der Waals surface area (Å²) in [6.07, 6.45) is 18.6. The van der Waals surface area contributed by atoms with Crippen LogP contribution in [0.15, 0.2) is 12.2 Å². The Hall–Kier alpha value is -1.12. The quantitative estimate of drug-likeness (QED) is 0.631. The van der Waals surface area contributed by atoms with Gasteiger partial charge in [-0.05, 0) is 80.6 Å². The van der Waals surface area contributed by atoms with Crippen LogP contribution in [0.1, 0.15) is 90.9 Å². The second kappa shape index (κ2) is 7.24. The summed E-state index contributed by atoms with van der Waals surface area (Å²) < 4.78 is 0. The predicted octanol–water partition coefficient (Wildman–Crippen LogP) is 5.44. The molecular weight excluding hydrogens is 358 g/mol. The Morgan fingerprint density at radius 1 is 0.931 bits per heavy atom. The summed E-state index contributed by atoms with van der Waals surface area (Å²) in [6, 6.07) is 0.301. The van der Waals surface area contributed by atoms with Crippen molar-refractivity contribution in [3.05, 3.63) is 12.2 Å². The lowest BCUT2D eigenvalue weighted by molar-refractivity contribution is -0.136. The first-order valence-corrected chi connectivity index (χ1v) is 12.5. The highest BCUT2D eigenvalue weighted by atomic mass is 16.1. The summed E-state index contributed by atoms with van der Waals surface area (Å²) in [7, 11) is 0. The number of rotatable bonds is 2. The monoisotopic (exact) mass is 397 g/mol. The van der Waals surface area contributed by atoms with Crippen molar-refractivity contribution in [1.82, 2.24) is 5.32 Å². The van der Waals surface area contributed by atoms with Crippen molar-refractivity contribution in [1.29, 1.82) is 0 Å². The molecule has 160 valence electrons. The Morgan fingerprint density at radius 2 is 1.69 bits per heavy atom. The molecule has 3 nitrogen and oxygen atoms in total. The normalized spacial score (nSPS) is 47.5. The highest BCUT2D eigenvalue weighted by Gasteiger charge is 2.61. The van der Waals surface area contributed by atoms with Crippen LogP contribution < -0.4 is 5.32 Å². The van der Waals surface area contributed by atoms with Crippen molar-refractivity contribution in [3.8, 4) is 0 Å². The van der Waals surface area contributed by atoms with Crippen LogP contribution in [0, 0.1) is 40.4 Å². The number of hydrogen-bond acceptors (Lipinski definition) is 2. The first-order valence-electron chi connectivity index (χ1n) is 12.5. The third-order valence-electron chi connectivity index (χ3n) is 10.3. The maximum atomic E-state index is 13.6. The van der Waals surface area contributed by atoms with E-state index in [-0.39, 0.29) is 16.7 Å². The van der Waals surface area contributed by atoms with Gasteiger partial charge in [0, 0.05) is 23.3 Å². The van der Waals surface area contributed by atoms with E-state index >= 15 is 0 Å². The molecule has 5 aliphatic rings. The summed E-state index contributed by atoms with van der Waals surface area (Å²) in [6.45, 7) is 4.86. The van der Waals surface area contributed by atoms with Gasteiger partial charge >= 0.3 is 0 Å². The minimum atomic E-state index is 0.0847. The van der Waals surface area contributed by atoms with Crippen LogP contribution in [0.3, 0.4) is 0 Å². The average Bonchev–Trinajstić information content (AvgIpc) is 2.88. The van der Waals surface area contributed by atoms with E-state index in [2.05, 4.69) is 25.2 Å². The molecule has 1 N–H and O–H groups in total. The van der Waals surface area contributed by atoms with Gasteiger partial charge in [0.25, 0.3) is 0 Å². The Kier molecular flexibility index (Phi) is 4.95. The molecule has 2 unspecified atom stereocenters. The maximum absolute atomic E-state index is 13.6. The molecule has 1 amide bonds. The van der Waals surface area contributed by atoms with Crippen molar-refractivity contribution >= 4 is 11.7 Å². The molecule has 0 radical (unpaired) electrons. The molecule has 0 aromatic heterocycles. The first-order chi connectivity index (χ1) is 13.9. The Morgan fingerprint density at radius 3 is 2.45 bits per heavy atom. The van der Waals surface area contributed by atoms with Crippen LogP contribution in [0.2, 0.25) is 0 Å². The molecular formula is C26H39NO2. The van der Waals surface area contributed by atoms with E-state index in [9.17, 15) is 9.59 Å². The maximum Gasteiger partial charge on any atom is 0.243 e. The van der Waals surface area contributed by atoms with E-state index < -0.39 is 0 Å². The van der Waals surface area contributed by atoms with Gasteiger partial charge in [-0.15, -0.1) is 0 Å². The molecule has 4 saturated carbocycles. The van der Waals surface area contributed by atoms with E-state index in [0.29, 0.717) is 35.5 Å². The Labute approximate surface area is 176 Å². The minimum Gasteiger partial charge on any atom is -0.349 e. The van der Waals surface area contributed by atoms with Crippen LogP contribution in [0.5, 0.6) is 0 Å². The SMILES string of the molecule is C[C@]12C=CC(=O)NC1CC[C@@H]1[C@H]2CC[C@]2(C)C(C(=O)C3CCCCCC3)CC[C@@H]12. The van der Waals surface area contributed by atoms with E-state index in [1.54, 1.807) is 6.08 Å². The van der Waals surface area contributed by atoms with Gasteiger partial charge in [0.1, 0.15) is 5.78 Å². The fourth-order valence-electron chi connectivity index (χ4n) is 8.65. The molecule has 0 aromatic rings. The summed E-state index contributed by atoms with van der Waals surface area (Å²) in [5.41, 5.74) is 0.316. The van der Waals surface area contributed by atoms with Crippen molar-refractivity contribution in [2.24, 2.45) is 40.4 Å². The molecule has 4 fully saturated rings. The summed E-state index contributed by atoms with van der Waals surface area (Å²) in [4.78, 5) is 25.6. The molecule has 5 rings (SSSR count). The number of fused-ring (bicyclic) bond motifs is 5. The molecule has 1 aliphatic heterocycles. The lowest BCUT2D eigenvalue weighted by atomic mass is 9.47. The molecule has 29 heavy (non-hydrogen) atoms. The van der Waals surface area contributed by atoms with Crippen molar-refractivity contribution < 1.29 is 9.59 Å². The smallest absolute Gasteiger partial charge is 0.243 e. The van der Waals surface area contributed by atoms with Gasteiger partial charge in [0.15, 0.2) is 0 Å². The van der Waals surface area contributed by atoms with Crippen molar-refractivity contribution in [3.63, 3.8) is 0 Å². The van der Waals surface area contributed by atoms with Crippen LogP contribution in [0.25, 0.3) is 0 Å².